The van der Waals surface area contributed by atoms with Gasteiger partial charge in [-0.25, -0.2) is 0 Å². The van der Waals surface area contributed by atoms with Crippen molar-refractivity contribution in [3.63, 3.8) is 0 Å². The van der Waals surface area contributed by atoms with Gasteiger partial charge in [0.2, 0.25) is 5.91 Å². The Balaban J connectivity index is 1.81. The van der Waals surface area contributed by atoms with Crippen LogP contribution >= 0.6 is 11.6 Å². The number of benzene rings is 2. The van der Waals surface area contributed by atoms with Crippen molar-refractivity contribution in [3.8, 4) is 0 Å². The Bertz CT molecular complexity index is 837. The predicted octanol–water partition coefficient (Wildman–Crippen LogP) is 1.87. The number of nitrogens with zero attached hydrogens (tertiary/aromatic N) is 1. The number of carbonyl (C=O) groups is 2. The highest BCUT2D eigenvalue weighted by Gasteiger charge is 2.15. The minimum absolute atomic E-state index is 0.0701. The molecule has 0 aliphatic rings. The third kappa shape index (κ3) is 7.07. The molecule has 0 aromatic heterocycles. The molecule has 3 N–H and O–H groups in total. The second-order valence-corrected chi connectivity index (χ2v) is 7.66. The number of nitrogens with one attached hydrogen (secondary N) is 3. The highest BCUT2D eigenvalue weighted by atomic mass is 35.5. The maximum absolute atomic E-state index is 12.3. The van der Waals surface area contributed by atoms with Crippen molar-refractivity contribution in [3.05, 3.63) is 58.6 Å². The zero-order valence-electron chi connectivity index (χ0n) is 17.5. The maximum atomic E-state index is 12.3. The van der Waals surface area contributed by atoms with Gasteiger partial charge in [0.05, 0.1) is 13.1 Å². The van der Waals surface area contributed by atoms with Crippen LogP contribution in [0.15, 0.2) is 42.5 Å². The molecule has 0 spiro atoms. The molecule has 156 valence electrons. The topological polar surface area (TPSA) is 65.9 Å². The quantitative estimate of drug-likeness (QED) is 0.583. The zero-order valence-corrected chi connectivity index (χ0v) is 18.3. The van der Waals surface area contributed by atoms with Crippen LogP contribution in [-0.4, -0.2) is 45.5 Å². The van der Waals surface area contributed by atoms with E-state index in [2.05, 4.69) is 39.8 Å². The molecular formula is C22H30ClN4O2+. The molecule has 2 aromatic rings. The van der Waals surface area contributed by atoms with E-state index in [1.165, 1.54) is 5.56 Å². The van der Waals surface area contributed by atoms with Gasteiger partial charge in [-0.15, -0.1) is 0 Å². The van der Waals surface area contributed by atoms with E-state index in [1.807, 2.05) is 27.9 Å². The van der Waals surface area contributed by atoms with Crippen molar-refractivity contribution in [2.24, 2.45) is 0 Å². The molecular weight excluding hydrogens is 388 g/mol. The van der Waals surface area contributed by atoms with Gasteiger partial charge in [0.15, 0.2) is 6.54 Å². The average Bonchev–Trinajstić information content (AvgIpc) is 2.69. The Morgan fingerprint density at radius 3 is 2.38 bits per heavy atom. The first kappa shape index (κ1) is 22.7. The Hall–Kier alpha value is -2.57. The molecule has 0 fully saturated rings. The van der Waals surface area contributed by atoms with Crippen LogP contribution in [-0.2, 0) is 16.1 Å². The van der Waals surface area contributed by atoms with Crippen LogP contribution in [0, 0.1) is 6.92 Å². The van der Waals surface area contributed by atoms with E-state index < -0.39 is 0 Å². The van der Waals surface area contributed by atoms with Crippen LogP contribution in [0.1, 0.15) is 18.1 Å². The number of hydrogen-bond donors (Lipinski definition) is 3. The molecule has 0 aliphatic carbocycles. The number of likely N-dealkylation sites (N-methyl/N-ethyl adjacent to an activating group) is 1. The number of rotatable bonds is 9. The maximum Gasteiger partial charge on any atom is 0.275 e. The second-order valence-electron chi connectivity index (χ2n) is 7.26. The summed E-state index contributed by atoms with van der Waals surface area (Å²) in [6.07, 6.45) is 0. The van der Waals surface area contributed by atoms with Gasteiger partial charge in [-0.1, -0.05) is 29.8 Å². The van der Waals surface area contributed by atoms with E-state index in [-0.39, 0.29) is 18.4 Å². The lowest BCUT2D eigenvalue weighted by Crippen LogP contribution is -3.11. The van der Waals surface area contributed by atoms with Crippen LogP contribution in [0.4, 0.5) is 11.4 Å². The number of hydrogen-bond acceptors (Lipinski definition) is 3. The summed E-state index contributed by atoms with van der Waals surface area (Å²) in [5.74, 6) is -0.425. The minimum Gasteiger partial charge on any atom is -0.378 e. The van der Waals surface area contributed by atoms with Gasteiger partial charge in [-0.3, -0.25) is 9.59 Å². The van der Waals surface area contributed by atoms with Gasteiger partial charge < -0.3 is 20.4 Å². The lowest BCUT2D eigenvalue weighted by molar-refractivity contribution is -0.904. The van der Waals surface area contributed by atoms with Gasteiger partial charge in [0.1, 0.15) is 6.54 Å². The van der Waals surface area contributed by atoms with Crippen LogP contribution in [0.3, 0.4) is 0 Å². The molecule has 0 saturated carbocycles. The van der Waals surface area contributed by atoms with Crippen molar-refractivity contribution in [2.75, 3.05) is 43.9 Å². The van der Waals surface area contributed by atoms with Crippen LogP contribution in [0.5, 0.6) is 0 Å². The van der Waals surface area contributed by atoms with Gasteiger partial charge in [0.25, 0.3) is 5.91 Å². The number of anilines is 2. The molecule has 0 bridgehead atoms. The molecule has 0 aliphatic heterocycles. The fourth-order valence-electron chi connectivity index (χ4n) is 2.92. The summed E-state index contributed by atoms with van der Waals surface area (Å²) in [4.78, 5) is 27.6. The first-order valence-corrected chi connectivity index (χ1v) is 10.1. The third-order valence-corrected chi connectivity index (χ3v) is 5.21. The fourth-order valence-corrected chi connectivity index (χ4v) is 3.09. The summed E-state index contributed by atoms with van der Waals surface area (Å²) in [6.45, 7) is 5.70. The first-order chi connectivity index (χ1) is 13.8. The highest BCUT2D eigenvalue weighted by Crippen LogP contribution is 2.22. The SMILES string of the molecule is CC[NH+](CC(=O)NCC(=O)Nc1cccc(Cl)c1C)Cc1ccc(N(C)C)cc1. The first-order valence-electron chi connectivity index (χ1n) is 9.71. The molecule has 0 radical (unpaired) electrons. The Labute approximate surface area is 177 Å². The molecule has 7 heteroatoms. The van der Waals surface area contributed by atoms with E-state index in [9.17, 15) is 9.59 Å². The van der Waals surface area contributed by atoms with Crippen molar-refractivity contribution in [1.82, 2.24) is 5.32 Å². The summed E-state index contributed by atoms with van der Waals surface area (Å²) in [7, 11) is 4.01. The molecule has 0 heterocycles. The van der Waals surface area contributed by atoms with E-state index >= 15 is 0 Å². The van der Waals surface area contributed by atoms with Gasteiger partial charge in [0, 0.05) is 36.1 Å². The summed E-state index contributed by atoms with van der Waals surface area (Å²) in [6, 6.07) is 13.6. The lowest BCUT2D eigenvalue weighted by atomic mass is 10.2. The number of quaternary nitrogens is 1. The molecule has 1 atom stereocenters. The second kappa shape index (κ2) is 10.8. The summed E-state index contributed by atoms with van der Waals surface area (Å²) in [5.41, 5.74) is 3.77. The van der Waals surface area contributed by atoms with Crippen LogP contribution in [0.2, 0.25) is 5.02 Å². The van der Waals surface area contributed by atoms with E-state index in [1.54, 1.807) is 18.2 Å². The normalized spacial score (nSPS) is 11.6. The van der Waals surface area contributed by atoms with Crippen molar-refractivity contribution >= 4 is 34.8 Å². The van der Waals surface area contributed by atoms with Gasteiger partial charge >= 0.3 is 0 Å². The van der Waals surface area contributed by atoms with Crippen molar-refractivity contribution in [2.45, 2.75) is 20.4 Å². The monoisotopic (exact) mass is 417 g/mol. The molecule has 2 amide bonds. The van der Waals surface area contributed by atoms with Crippen molar-refractivity contribution in [1.29, 1.82) is 0 Å². The van der Waals surface area contributed by atoms with Crippen LogP contribution in [0.25, 0.3) is 0 Å². The Morgan fingerprint density at radius 1 is 1.07 bits per heavy atom. The van der Waals surface area contributed by atoms with E-state index in [0.717, 1.165) is 29.2 Å². The summed E-state index contributed by atoms with van der Waals surface area (Å²) < 4.78 is 0. The van der Waals surface area contributed by atoms with Gasteiger partial charge in [-0.2, -0.15) is 0 Å². The third-order valence-electron chi connectivity index (χ3n) is 4.81. The molecule has 0 saturated heterocycles. The average molecular weight is 418 g/mol. The largest absolute Gasteiger partial charge is 0.378 e. The standard InChI is InChI=1S/C22H29ClN4O2/c1-5-27(14-17-9-11-18(12-10-17)26(3)4)15-22(29)24-13-21(28)25-20-8-6-7-19(23)16(20)2/h6-12H,5,13-15H2,1-4H3,(H,24,29)(H,25,28)/p+1. The molecule has 2 rings (SSSR count). The molecule has 29 heavy (non-hydrogen) atoms. The minimum atomic E-state index is -0.277. The Morgan fingerprint density at radius 2 is 1.76 bits per heavy atom. The van der Waals surface area contributed by atoms with E-state index in [0.29, 0.717) is 17.3 Å². The predicted molar refractivity (Wildman–Crippen MR) is 119 cm³/mol. The van der Waals surface area contributed by atoms with Crippen LogP contribution < -0.4 is 20.4 Å². The summed E-state index contributed by atoms with van der Waals surface area (Å²) in [5, 5.41) is 6.07. The number of halogens is 1. The van der Waals surface area contributed by atoms with Gasteiger partial charge in [-0.05, 0) is 43.7 Å². The lowest BCUT2D eigenvalue weighted by Gasteiger charge is -2.18. The molecule has 1 unspecified atom stereocenters. The van der Waals surface area contributed by atoms with E-state index in [4.69, 9.17) is 11.6 Å². The summed E-state index contributed by atoms with van der Waals surface area (Å²) >= 11 is 6.06. The smallest absolute Gasteiger partial charge is 0.275 e. The Kier molecular flexibility index (Phi) is 8.49. The number of amides is 2. The highest BCUT2D eigenvalue weighted by molar-refractivity contribution is 6.31. The number of carbonyl (C=O) groups excluding carboxylic acids is 2. The molecule has 6 nitrogen and oxygen atoms in total. The fraction of sp³-hybridized carbons (Fsp3) is 0.364. The zero-order chi connectivity index (χ0) is 21.4. The molecule has 2 aromatic carbocycles. The van der Waals surface area contributed by atoms with Crippen molar-refractivity contribution < 1.29 is 14.5 Å².